The second kappa shape index (κ2) is 13.8. The predicted octanol–water partition coefficient (Wildman–Crippen LogP) is 17.5. The molecule has 3 heterocycles. The smallest absolute Gasteiger partial charge is 0.144 e. The van der Waals surface area contributed by atoms with Gasteiger partial charge in [0.15, 0.2) is 0 Å². The summed E-state index contributed by atoms with van der Waals surface area (Å²) in [6, 6.07) is 76.0. The van der Waals surface area contributed by atoms with Crippen LogP contribution < -0.4 is 4.90 Å². The highest BCUT2D eigenvalue weighted by Crippen LogP contribution is 2.47. The Hall–Kier alpha value is -7.92. The van der Waals surface area contributed by atoms with Gasteiger partial charge in [-0.2, -0.15) is 0 Å². The Bertz CT molecular complexity index is 3860. The lowest BCUT2D eigenvalue weighted by molar-refractivity contribution is 0.665. The van der Waals surface area contributed by atoms with Gasteiger partial charge in [-0.15, -0.1) is 11.3 Å². The molecule has 0 N–H and O–H groups in total. The van der Waals surface area contributed by atoms with Crippen molar-refractivity contribution in [1.29, 1.82) is 0 Å². The second-order valence-corrected chi connectivity index (χ2v) is 17.0. The fourth-order valence-corrected chi connectivity index (χ4v) is 10.8. The van der Waals surface area contributed by atoms with Gasteiger partial charge in [-0.05, 0) is 87.6 Å². The van der Waals surface area contributed by atoms with Gasteiger partial charge in [-0.1, -0.05) is 152 Å². The zero-order valence-electron chi connectivity index (χ0n) is 33.4. The van der Waals surface area contributed by atoms with Gasteiger partial charge in [0.05, 0.1) is 0 Å². The van der Waals surface area contributed by atoms with Crippen LogP contribution in [-0.2, 0) is 0 Å². The molecule has 0 radical (unpaired) electrons. The summed E-state index contributed by atoms with van der Waals surface area (Å²) in [4.78, 5) is 2.33. The number of fused-ring (bicyclic) bond motifs is 10. The van der Waals surface area contributed by atoms with Crippen molar-refractivity contribution < 1.29 is 8.83 Å². The number of anilines is 3. The number of hydrogen-bond donors (Lipinski definition) is 0. The fourth-order valence-electron chi connectivity index (χ4n) is 9.56. The van der Waals surface area contributed by atoms with E-state index in [4.69, 9.17) is 8.83 Å². The predicted molar refractivity (Wildman–Crippen MR) is 262 cm³/mol. The van der Waals surface area contributed by atoms with E-state index in [0.29, 0.717) is 0 Å². The summed E-state index contributed by atoms with van der Waals surface area (Å²) < 4.78 is 16.3. The van der Waals surface area contributed by atoms with E-state index >= 15 is 0 Å². The molecule has 0 atom stereocenters. The summed E-state index contributed by atoms with van der Waals surface area (Å²) in [6.07, 6.45) is 0. The van der Waals surface area contributed by atoms with Crippen LogP contribution in [0.1, 0.15) is 0 Å². The van der Waals surface area contributed by atoms with Gasteiger partial charge >= 0.3 is 0 Å². The topological polar surface area (TPSA) is 29.5 Å². The van der Waals surface area contributed by atoms with Crippen LogP contribution in [0.25, 0.3) is 108 Å². The van der Waals surface area contributed by atoms with Gasteiger partial charge in [0, 0.05) is 76.0 Å². The van der Waals surface area contributed by atoms with Gasteiger partial charge in [0.2, 0.25) is 0 Å². The molecule has 0 aliphatic rings. The molecule has 290 valence electrons. The van der Waals surface area contributed by atoms with Crippen LogP contribution in [0.5, 0.6) is 0 Å². The SMILES string of the molecule is c1ccc(-c2ccc(N(c3ccc(-c4cccc5c4sc4ccccc45)cc3)c3ccc4c(c3)oc3c(-c5cccc6c5oc5ccccc56)c5ccccc5cc34)cc2)cc1. The summed E-state index contributed by atoms with van der Waals surface area (Å²) in [5.74, 6) is 0. The third-order valence-electron chi connectivity index (χ3n) is 12.5. The Balaban J connectivity index is 0.983. The maximum atomic E-state index is 7.08. The number of hydrogen-bond acceptors (Lipinski definition) is 4. The van der Waals surface area contributed by atoms with Crippen molar-refractivity contribution in [3.63, 3.8) is 0 Å². The first-order valence-corrected chi connectivity index (χ1v) is 21.8. The number of rotatable bonds is 6. The summed E-state index contributed by atoms with van der Waals surface area (Å²) in [5.41, 5.74) is 13.4. The normalized spacial score (nSPS) is 11.9. The van der Waals surface area contributed by atoms with Crippen LogP contribution in [0.4, 0.5) is 17.1 Å². The lowest BCUT2D eigenvalue weighted by Gasteiger charge is -2.26. The Labute approximate surface area is 360 Å². The molecule has 0 amide bonds. The molecule has 0 spiro atoms. The zero-order chi connectivity index (χ0) is 40.7. The van der Waals surface area contributed by atoms with E-state index < -0.39 is 0 Å². The summed E-state index contributed by atoms with van der Waals surface area (Å²) >= 11 is 1.86. The van der Waals surface area contributed by atoms with E-state index in [2.05, 4.69) is 205 Å². The van der Waals surface area contributed by atoms with Crippen LogP contribution in [0.2, 0.25) is 0 Å². The highest BCUT2D eigenvalue weighted by Gasteiger charge is 2.22. The summed E-state index contributed by atoms with van der Waals surface area (Å²) in [6.45, 7) is 0. The molecule has 0 saturated carbocycles. The van der Waals surface area contributed by atoms with Gasteiger partial charge in [-0.25, -0.2) is 0 Å². The van der Waals surface area contributed by atoms with Crippen molar-refractivity contribution in [2.24, 2.45) is 0 Å². The maximum Gasteiger partial charge on any atom is 0.144 e. The molecule has 0 unspecified atom stereocenters. The van der Waals surface area contributed by atoms with Crippen LogP contribution in [0.3, 0.4) is 0 Å². The Kier molecular flexibility index (Phi) is 7.78. The molecular weight excluding hydrogens is 775 g/mol. The molecule has 4 heteroatoms. The standard InChI is InChI=1S/C58H35NO2S/c1-2-12-36(13-3-1)37-24-28-40(29-25-37)59(41-30-26-38(27-31-41)44-18-10-20-49-47-17-7-9-23-54(47)62-58(44)49)42-32-33-46-51-34-39-14-4-5-15-43(39)55(57(51)61-53(46)35-42)50-21-11-19-48-45-16-6-8-22-52(45)60-56(48)50/h1-35H. The molecule has 10 aromatic carbocycles. The lowest BCUT2D eigenvalue weighted by atomic mass is 9.94. The Morgan fingerprint density at radius 2 is 0.935 bits per heavy atom. The number of benzene rings is 10. The van der Waals surface area contributed by atoms with Gasteiger partial charge in [-0.3, -0.25) is 0 Å². The fraction of sp³-hybridized carbons (Fsp3) is 0. The average Bonchev–Trinajstić information content (AvgIpc) is 4.03. The molecule has 0 saturated heterocycles. The minimum Gasteiger partial charge on any atom is -0.455 e. The summed E-state index contributed by atoms with van der Waals surface area (Å²) in [5, 5.41) is 9.24. The third kappa shape index (κ3) is 5.44. The van der Waals surface area contributed by atoms with Crippen LogP contribution in [0.15, 0.2) is 221 Å². The van der Waals surface area contributed by atoms with Crippen molar-refractivity contribution >= 4 is 103 Å². The summed E-state index contributed by atoms with van der Waals surface area (Å²) in [7, 11) is 0. The quantitative estimate of drug-likeness (QED) is 0.168. The van der Waals surface area contributed by atoms with Crippen molar-refractivity contribution in [1.82, 2.24) is 0 Å². The van der Waals surface area contributed by atoms with E-state index in [-0.39, 0.29) is 0 Å². The molecule has 62 heavy (non-hydrogen) atoms. The number of nitrogens with zero attached hydrogens (tertiary/aromatic N) is 1. The van der Waals surface area contributed by atoms with Gasteiger partial charge < -0.3 is 13.7 Å². The van der Waals surface area contributed by atoms with E-state index in [9.17, 15) is 0 Å². The molecule has 0 aliphatic heterocycles. The highest BCUT2D eigenvalue weighted by atomic mass is 32.1. The number of furan rings is 2. The first-order chi connectivity index (χ1) is 30.7. The lowest BCUT2D eigenvalue weighted by Crippen LogP contribution is -2.09. The number of para-hydroxylation sites is 2. The molecule has 3 nitrogen and oxygen atoms in total. The molecule has 3 aromatic heterocycles. The monoisotopic (exact) mass is 809 g/mol. The second-order valence-electron chi connectivity index (χ2n) is 16.0. The molecule has 13 aromatic rings. The molecular formula is C58H35NO2S. The van der Waals surface area contributed by atoms with E-state index in [0.717, 1.165) is 82.8 Å². The molecule has 0 bridgehead atoms. The molecule has 13 rings (SSSR count). The maximum absolute atomic E-state index is 7.08. The Morgan fingerprint density at radius 1 is 0.339 bits per heavy atom. The van der Waals surface area contributed by atoms with Crippen LogP contribution >= 0.6 is 11.3 Å². The minimum absolute atomic E-state index is 0.824. The first kappa shape index (κ1) is 34.9. The van der Waals surface area contributed by atoms with E-state index in [1.54, 1.807) is 0 Å². The average molecular weight is 810 g/mol. The van der Waals surface area contributed by atoms with Gasteiger partial charge in [0.25, 0.3) is 0 Å². The number of thiophene rings is 1. The van der Waals surface area contributed by atoms with Crippen molar-refractivity contribution in [3.05, 3.63) is 212 Å². The Morgan fingerprint density at radius 3 is 1.76 bits per heavy atom. The molecule has 0 aliphatic carbocycles. The van der Waals surface area contributed by atoms with E-state index in [1.807, 2.05) is 23.5 Å². The largest absolute Gasteiger partial charge is 0.455 e. The minimum atomic E-state index is 0.824. The molecule has 0 fully saturated rings. The third-order valence-corrected chi connectivity index (χ3v) is 13.7. The first-order valence-electron chi connectivity index (χ1n) is 21.0. The van der Waals surface area contributed by atoms with Crippen molar-refractivity contribution in [2.45, 2.75) is 0 Å². The van der Waals surface area contributed by atoms with Crippen molar-refractivity contribution in [2.75, 3.05) is 4.90 Å². The van der Waals surface area contributed by atoms with Crippen molar-refractivity contribution in [3.8, 4) is 33.4 Å². The van der Waals surface area contributed by atoms with E-state index in [1.165, 1.54) is 42.4 Å². The van der Waals surface area contributed by atoms with Gasteiger partial charge in [0.1, 0.15) is 22.3 Å². The van der Waals surface area contributed by atoms with Crippen LogP contribution in [0, 0.1) is 0 Å². The zero-order valence-corrected chi connectivity index (χ0v) is 34.2. The van der Waals surface area contributed by atoms with Crippen LogP contribution in [-0.4, -0.2) is 0 Å². The highest BCUT2D eigenvalue weighted by molar-refractivity contribution is 7.26.